The Bertz CT molecular complexity index is 261. The van der Waals surface area contributed by atoms with E-state index in [1.807, 2.05) is 0 Å². The van der Waals surface area contributed by atoms with Crippen LogP contribution >= 0.6 is 0 Å². The van der Waals surface area contributed by atoms with Gasteiger partial charge in [0.15, 0.2) is 0 Å². The van der Waals surface area contributed by atoms with Crippen molar-refractivity contribution in [3.63, 3.8) is 0 Å². The lowest BCUT2D eigenvalue weighted by molar-refractivity contribution is 1.46. The molecule has 0 radical (unpaired) electrons. The third-order valence-corrected chi connectivity index (χ3v) is 0.928. The first-order valence-electron chi connectivity index (χ1n) is 3.74. The maximum Gasteiger partial charge on any atom is 0.0630 e. The van der Waals surface area contributed by atoms with Crippen molar-refractivity contribution >= 4 is 6.21 Å². The molecule has 0 bridgehead atoms. The smallest absolute Gasteiger partial charge is 0.0630 e. The van der Waals surface area contributed by atoms with E-state index in [0.717, 1.165) is 0 Å². The van der Waals surface area contributed by atoms with Crippen molar-refractivity contribution in [1.82, 2.24) is 0 Å². The van der Waals surface area contributed by atoms with Crippen LogP contribution in [0.3, 0.4) is 0 Å². The van der Waals surface area contributed by atoms with Gasteiger partial charge >= 0.3 is 0 Å². The summed E-state index contributed by atoms with van der Waals surface area (Å²) in [6, 6.07) is 5.69. The average molecular weight is 121 g/mol. The van der Waals surface area contributed by atoms with Crippen LogP contribution in [0.25, 0.3) is 0 Å². The fourth-order valence-corrected chi connectivity index (χ4v) is 0.569. The Balaban J connectivity index is 3.20. The molecule has 0 fully saturated rings. The highest BCUT2D eigenvalue weighted by molar-refractivity contribution is 5.79. The zero-order chi connectivity index (χ0) is 8.27. The summed E-state index contributed by atoms with van der Waals surface area (Å²) in [6.07, 6.45) is 1.53. The second-order valence-corrected chi connectivity index (χ2v) is 1.62. The molecule has 0 aliphatic rings. The minimum absolute atomic E-state index is 0.350. The van der Waals surface area contributed by atoms with Crippen molar-refractivity contribution in [1.29, 1.82) is 0 Å². The van der Waals surface area contributed by atoms with Crippen LogP contribution in [0.4, 0.5) is 0 Å². The Labute approximate surface area is 57.9 Å². The average Bonchev–Trinajstić information content (AvgIpc) is 1.97. The van der Waals surface area contributed by atoms with Crippen molar-refractivity contribution in [2.24, 2.45) is 4.99 Å². The molecule has 1 rings (SSSR count). The van der Waals surface area contributed by atoms with E-state index in [9.17, 15) is 0 Å². The predicted molar refractivity (Wildman–Crippen MR) is 40.0 cm³/mol. The van der Waals surface area contributed by atoms with Crippen LogP contribution in [0.2, 0.25) is 0 Å². The van der Waals surface area contributed by atoms with E-state index in [2.05, 4.69) is 4.99 Å². The molecule has 0 saturated carbocycles. The minimum Gasteiger partial charge on any atom is -0.296 e. The van der Waals surface area contributed by atoms with E-state index >= 15 is 0 Å². The summed E-state index contributed by atoms with van der Waals surface area (Å²) < 4.78 is 14.8. The van der Waals surface area contributed by atoms with Crippen molar-refractivity contribution in [3.8, 4) is 0 Å². The normalized spacial score (nSPS) is 13.4. The van der Waals surface area contributed by atoms with E-state index in [-0.39, 0.29) is 0 Å². The van der Waals surface area contributed by atoms with Crippen molar-refractivity contribution in [2.75, 3.05) is 7.05 Å². The van der Waals surface area contributed by atoms with Gasteiger partial charge in [-0.3, -0.25) is 4.99 Å². The molecule has 0 aliphatic heterocycles. The number of hydrogen-bond acceptors (Lipinski definition) is 1. The minimum atomic E-state index is 0.350. The van der Waals surface area contributed by atoms with E-state index < -0.39 is 0 Å². The van der Waals surface area contributed by atoms with Gasteiger partial charge in [0.2, 0.25) is 0 Å². The molecule has 0 unspecified atom stereocenters. The monoisotopic (exact) mass is 121 g/mol. The topological polar surface area (TPSA) is 12.4 Å². The van der Waals surface area contributed by atoms with Gasteiger partial charge in [-0.15, -0.1) is 0 Å². The van der Waals surface area contributed by atoms with Gasteiger partial charge in [-0.2, -0.15) is 0 Å². The molecule has 1 aromatic carbocycles. The van der Waals surface area contributed by atoms with Crippen LogP contribution in [0.15, 0.2) is 35.3 Å². The highest BCUT2D eigenvalue weighted by Gasteiger charge is 1.78. The lowest BCUT2D eigenvalue weighted by Gasteiger charge is -1.86. The quantitative estimate of drug-likeness (QED) is 0.502. The molecule has 0 aromatic heterocycles. The lowest BCUT2D eigenvalue weighted by Crippen LogP contribution is -1.75. The van der Waals surface area contributed by atoms with Gasteiger partial charge in [0.1, 0.15) is 0 Å². The number of hydrogen-bond donors (Lipinski definition) is 0. The first-order valence-corrected chi connectivity index (χ1v) is 2.74. The van der Waals surface area contributed by atoms with E-state index in [4.69, 9.17) is 2.74 Å². The van der Waals surface area contributed by atoms with E-state index in [0.29, 0.717) is 17.6 Å². The first-order chi connectivity index (χ1) is 5.25. The van der Waals surface area contributed by atoms with Crippen LogP contribution < -0.4 is 0 Å². The standard InChI is InChI=1S/C8H9N/c1-9-7-8-5-3-2-4-6-8/h2-7H,1H3/i5D,6D. The van der Waals surface area contributed by atoms with Gasteiger partial charge in [-0.05, 0) is 5.56 Å². The molecule has 1 aromatic rings. The summed E-state index contributed by atoms with van der Waals surface area (Å²) in [5.74, 6) is 0. The van der Waals surface area contributed by atoms with Crippen LogP contribution in [-0.4, -0.2) is 13.3 Å². The molecule has 0 aliphatic carbocycles. The Morgan fingerprint density at radius 1 is 1.44 bits per heavy atom. The number of rotatable bonds is 1. The Kier molecular flexibility index (Phi) is 1.29. The van der Waals surface area contributed by atoms with E-state index in [1.165, 1.54) is 6.21 Å². The molecule has 9 heavy (non-hydrogen) atoms. The summed E-state index contributed by atoms with van der Waals surface area (Å²) in [6.45, 7) is 0. The maximum atomic E-state index is 7.40. The Morgan fingerprint density at radius 2 is 2.11 bits per heavy atom. The van der Waals surface area contributed by atoms with Crippen LogP contribution in [-0.2, 0) is 0 Å². The summed E-state index contributed by atoms with van der Waals surface area (Å²) in [4.78, 5) is 3.76. The van der Waals surface area contributed by atoms with Crippen molar-refractivity contribution in [3.05, 3.63) is 35.8 Å². The molecule has 1 heteroatoms. The van der Waals surface area contributed by atoms with Gasteiger partial charge in [0.25, 0.3) is 0 Å². The van der Waals surface area contributed by atoms with Crippen LogP contribution in [0.1, 0.15) is 8.30 Å². The molecular weight excluding hydrogens is 110 g/mol. The molecule has 0 spiro atoms. The third kappa shape index (κ3) is 1.68. The molecule has 0 amide bonds. The lowest BCUT2D eigenvalue weighted by atomic mass is 10.2. The highest BCUT2D eigenvalue weighted by Crippen LogP contribution is 1.92. The molecular formula is C8H9N. The van der Waals surface area contributed by atoms with Gasteiger partial charge in [-0.1, -0.05) is 30.3 Å². The zero-order valence-electron chi connectivity index (χ0n) is 7.26. The SMILES string of the molecule is [2H]c1cccc([2H])c1C=NC. The van der Waals surface area contributed by atoms with Crippen molar-refractivity contribution in [2.45, 2.75) is 0 Å². The molecule has 0 atom stereocenters. The second-order valence-electron chi connectivity index (χ2n) is 1.62. The van der Waals surface area contributed by atoms with E-state index in [1.54, 1.807) is 25.2 Å². The van der Waals surface area contributed by atoms with Gasteiger partial charge in [-0.25, -0.2) is 0 Å². The summed E-state index contributed by atoms with van der Waals surface area (Å²) >= 11 is 0. The Morgan fingerprint density at radius 3 is 2.67 bits per heavy atom. The third-order valence-electron chi connectivity index (χ3n) is 0.928. The highest BCUT2D eigenvalue weighted by atomic mass is 14.6. The molecule has 46 valence electrons. The largest absolute Gasteiger partial charge is 0.296 e. The molecule has 0 saturated heterocycles. The van der Waals surface area contributed by atoms with Gasteiger partial charge < -0.3 is 0 Å². The molecule has 1 nitrogen and oxygen atoms in total. The zero-order valence-corrected chi connectivity index (χ0v) is 5.26. The molecule has 0 N–H and O–H groups in total. The number of benzene rings is 1. The van der Waals surface area contributed by atoms with Crippen LogP contribution in [0, 0.1) is 0 Å². The predicted octanol–water partition coefficient (Wildman–Crippen LogP) is 1.74. The summed E-state index contributed by atoms with van der Waals surface area (Å²) in [5.41, 5.74) is 0.579. The summed E-state index contributed by atoms with van der Waals surface area (Å²) in [7, 11) is 1.63. The first kappa shape index (κ1) is 3.83. The van der Waals surface area contributed by atoms with Crippen LogP contribution in [0.5, 0.6) is 0 Å². The maximum absolute atomic E-state index is 7.40. The molecule has 0 heterocycles. The summed E-state index contributed by atoms with van der Waals surface area (Å²) in [5, 5.41) is 0. The second kappa shape index (κ2) is 3.02. The fourth-order valence-electron chi connectivity index (χ4n) is 0.569. The fraction of sp³-hybridized carbons (Fsp3) is 0.125. The number of aliphatic imine (C=N–C) groups is 1. The Hall–Kier alpha value is -1.11. The van der Waals surface area contributed by atoms with Crippen molar-refractivity contribution < 1.29 is 2.74 Å². The van der Waals surface area contributed by atoms with Gasteiger partial charge in [0.05, 0.1) is 2.74 Å². The van der Waals surface area contributed by atoms with Gasteiger partial charge in [0, 0.05) is 13.3 Å². The number of nitrogens with zero attached hydrogens (tertiary/aromatic N) is 1.